The van der Waals surface area contributed by atoms with Crippen molar-refractivity contribution < 1.29 is 0 Å². The molecule has 0 aliphatic rings. The SMILES string of the molecule is Nc1ccc(-n2c(=O)[nH]c3cccnc32)cc1Cl. The van der Waals surface area contributed by atoms with Gasteiger partial charge < -0.3 is 10.7 Å². The Morgan fingerprint density at radius 3 is 2.94 bits per heavy atom. The van der Waals surface area contributed by atoms with Gasteiger partial charge in [-0.2, -0.15) is 0 Å². The first-order valence-electron chi connectivity index (χ1n) is 5.28. The maximum atomic E-state index is 11.9. The number of hydrogen-bond donors (Lipinski definition) is 2. The molecule has 0 unspecified atom stereocenters. The van der Waals surface area contributed by atoms with E-state index in [1.807, 2.05) is 0 Å². The third-order valence-electron chi connectivity index (χ3n) is 2.69. The van der Waals surface area contributed by atoms with Gasteiger partial charge in [0.1, 0.15) is 0 Å². The molecule has 18 heavy (non-hydrogen) atoms. The number of nitrogen functional groups attached to an aromatic ring is 1. The van der Waals surface area contributed by atoms with Crippen LogP contribution in [0.2, 0.25) is 5.02 Å². The van der Waals surface area contributed by atoms with Crippen molar-refractivity contribution in [3.63, 3.8) is 0 Å². The summed E-state index contributed by atoms with van der Waals surface area (Å²) in [5, 5.41) is 0.407. The van der Waals surface area contributed by atoms with Crippen LogP contribution >= 0.6 is 11.6 Å². The molecule has 90 valence electrons. The number of nitrogens with one attached hydrogen (secondary N) is 1. The Kier molecular flexibility index (Phi) is 2.34. The molecule has 0 spiro atoms. The fourth-order valence-electron chi connectivity index (χ4n) is 1.83. The van der Waals surface area contributed by atoms with Crippen molar-refractivity contribution in [2.75, 3.05) is 5.73 Å². The summed E-state index contributed by atoms with van der Waals surface area (Å²) in [5.74, 6) is 0. The van der Waals surface area contributed by atoms with Crippen molar-refractivity contribution in [1.29, 1.82) is 0 Å². The monoisotopic (exact) mass is 260 g/mol. The highest BCUT2D eigenvalue weighted by molar-refractivity contribution is 6.33. The number of aromatic nitrogens is 3. The number of rotatable bonds is 1. The largest absolute Gasteiger partial charge is 0.398 e. The van der Waals surface area contributed by atoms with Gasteiger partial charge >= 0.3 is 5.69 Å². The van der Waals surface area contributed by atoms with Crippen LogP contribution in [0.3, 0.4) is 0 Å². The van der Waals surface area contributed by atoms with Crippen LogP contribution in [0.15, 0.2) is 41.3 Å². The summed E-state index contributed by atoms with van der Waals surface area (Å²) in [4.78, 5) is 18.8. The Morgan fingerprint density at radius 2 is 2.17 bits per heavy atom. The number of nitrogens with two attached hydrogens (primary N) is 1. The van der Waals surface area contributed by atoms with E-state index in [1.165, 1.54) is 4.57 Å². The summed E-state index contributed by atoms with van der Waals surface area (Å²) in [6, 6.07) is 8.58. The van der Waals surface area contributed by atoms with Crippen molar-refractivity contribution in [3.05, 3.63) is 52.0 Å². The van der Waals surface area contributed by atoms with E-state index in [2.05, 4.69) is 9.97 Å². The van der Waals surface area contributed by atoms with Crippen LogP contribution in [0.5, 0.6) is 0 Å². The van der Waals surface area contributed by atoms with E-state index in [1.54, 1.807) is 36.5 Å². The fraction of sp³-hybridized carbons (Fsp3) is 0. The molecule has 3 N–H and O–H groups in total. The summed E-state index contributed by atoms with van der Waals surface area (Å²) in [6.45, 7) is 0. The Hall–Kier alpha value is -2.27. The third kappa shape index (κ3) is 1.56. The topological polar surface area (TPSA) is 76.7 Å². The molecule has 3 aromatic rings. The second-order valence-electron chi connectivity index (χ2n) is 3.85. The molecule has 0 atom stereocenters. The number of aromatic amines is 1. The first-order chi connectivity index (χ1) is 8.66. The van der Waals surface area contributed by atoms with Crippen LogP contribution in [0.1, 0.15) is 0 Å². The number of nitrogens with zero attached hydrogens (tertiary/aromatic N) is 2. The molecule has 6 heteroatoms. The average Bonchev–Trinajstić information content (AvgIpc) is 2.69. The van der Waals surface area contributed by atoms with Gasteiger partial charge in [0.05, 0.1) is 21.9 Å². The molecule has 0 aliphatic heterocycles. The van der Waals surface area contributed by atoms with Gasteiger partial charge in [-0.25, -0.2) is 14.3 Å². The standard InChI is InChI=1S/C12H9ClN4O/c13-8-6-7(3-4-9(8)14)17-11-10(16-12(17)18)2-1-5-15-11/h1-6H,14H2,(H,16,18). The van der Waals surface area contributed by atoms with Gasteiger partial charge in [-0.1, -0.05) is 11.6 Å². The second-order valence-corrected chi connectivity index (χ2v) is 4.25. The number of benzene rings is 1. The Morgan fingerprint density at radius 1 is 1.33 bits per heavy atom. The van der Waals surface area contributed by atoms with E-state index in [4.69, 9.17) is 17.3 Å². The van der Waals surface area contributed by atoms with Crippen LogP contribution in [0, 0.1) is 0 Å². The lowest BCUT2D eigenvalue weighted by Crippen LogP contribution is -2.15. The van der Waals surface area contributed by atoms with Crippen molar-refractivity contribution in [3.8, 4) is 5.69 Å². The zero-order valence-corrected chi connectivity index (χ0v) is 9.98. The first kappa shape index (κ1) is 10.9. The van der Waals surface area contributed by atoms with Crippen LogP contribution < -0.4 is 11.4 Å². The van der Waals surface area contributed by atoms with Gasteiger partial charge in [0.15, 0.2) is 5.65 Å². The number of imidazole rings is 1. The molecular formula is C12H9ClN4O. The van der Waals surface area contributed by atoms with Crippen LogP contribution in [0.4, 0.5) is 5.69 Å². The number of halogens is 1. The lowest BCUT2D eigenvalue weighted by atomic mass is 10.3. The summed E-state index contributed by atoms with van der Waals surface area (Å²) in [5.41, 5.74) is 7.73. The van der Waals surface area contributed by atoms with Crippen LogP contribution in [-0.4, -0.2) is 14.5 Å². The van der Waals surface area contributed by atoms with Gasteiger partial charge in [-0.05, 0) is 30.3 Å². The summed E-state index contributed by atoms with van der Waals surface area (Å²) < 4.78 is 1.46. The number of fused-ring (bicyclic) bond motifs is 1. The normalized spacial score (nSPS) is 10.9. The van der Waals surface area contributed by atoms with Crippen LogP contribution in [-0.2, 0) is 0 Å². The fourth-order valence-corrected chi connectivity index (χ4v) is 2.01. The molecule has 5 nitrogen and oxygen atoms in total. The minimum absolute atomic E-state index is 0.260. The highest BCUT2D eigenvalue weighted by Gasteiger charge is 2.10. The minimum atomic E-state index is -0.260. The third-order valence-corrected chi connectivity index (χ3v) is 3.01. The van der Waals surface area contributed by atoms with Gasteiger partial charge in [0, 0.05) is 6.20 Å². The Labute approximate surface area is 107 Å². The number of anilines is 1. The Balaban J connectivity index is 2.34. The predicted molar refractivity (Wildman–Crippen MR) is 71.1 cm³/mol. The average molecular weight is 261 g/mol. The molecule has 0 saturated carbocycles. The summed E-state index contributed by atoms with van der Waals surface area (Å²) >= 11 is 5.96. The zero-order valence-electron chi connectivity index (χ0n) is 9.22. The van der Waals surface area contributed by atoms with E-state index in [9.17, 15) is 4.79 Å². The molecule has 1 aromatic carbocycles. The van der Waals surface area contributed by atoms with Crippen molar-refractivity contribution >= 4 is 28.5 Å². The second kappa shape index (κ2) is 3.89. The maximum Gasteiger partial charge on any atom is 0.332 e. The Bertz CT molecular complexity index is 790. The molecule has 0 saturated heterocycles. The quantitative estimate of drug-likeness (QED) is 0.657. The molecule has 2 heterocycles. The smallest absolute Gasteiger partial charge is 0.332 e. The molecular weight excluding hydrogens is 252 g/mol. The number of pyridine rings is 1. The van der Waals surface area contributed by atoms with E-state index < -0.39 is 0 Å². The molecule has 0 amide bonds. The van der Waals surface area contributed by atoms with Gasteiger partial charge in [0.2, 0.25) is 0 Å². The molecule has 2 aromatic heterocycles. The minimum Gasteiger partial charge on any atom is -0.398 e. The van der Waals surface area contributed by atoms with E-state index >= 15 is 0 Å². The molecule has 0 aliphatic carbocycles. The van der Waals surface area contributed by atoms with Gasteiger partial charge in [-0.15, -0.1) is 0 Å². The van der Waals surface area contributed by atoms with E-state index in [-0.39, 0.29) is 5.69 Å². The highest BCUT2D eigenvalue weighted by Crippen LogP contribution is 2.22. The highest BCUT2D eigenvalue weighted by atomic mass is 35.5. The van der Waals surface area contributed by atoms with Gasteiger partial charge in [-0.3, -0.25) is 0 Å². The van der Waals surface area contributed by atoms with E-state index in [0.717, 1.165) is 0 Å². The maximum absolute atomic E-state index is 11.9. The summed E-state index contributed by atoms with van der Waals surface area (Å²) in [6.07, 6.45) is 1.63. The predicted octanol–water partition coefficient (Wildman–Crippen LogP) is 1.95. The molecule has 0 fully saturated rings. The van der Waals surface area contributed by atoms with Crippen LogP contribution in [0.25, 0.3) is 16.9 Å². The van der Waals surface area contributed by atoms with E-state index in [0.29, 0.717) is 27.6 Å². The lowest BCUT2D eigenvalue weighted by Gasteiger charge is -2.04. The molecule has 3 rings (SSSR count). The molecule has 0 radical (unpaired) electrons. The summed E-state index contributed by atoms with van der Waals surface area (Å²) in [7, 11) is 0. The van der Waals surface area contributed by atoms with Crippen molar-refractivity contribution in [2.45, 2.75) is 0 Å². The lowest BCUT2D eigenvalue weighted by molar-refractivity contribution is 1.00. The zero-order chi connectivity index (χ0) is 12.7. The van der Waals surface area contributed by atoms with Crippen molar-refractivity contribution in [2.24, 2.45) is 0 Å². The van der Waals surface area contributed by atoms with Crippen molar-refractivity contribution in [1.82, 2.24) is 14.5 Å². The number of H-pyrrole nitrogens is 1. The number of hydrogen-bond acceptors (Lipinski definition) is 3. The van der Waals surface area contributed by atoms with Gasteiger partial charge in [0.25, 0.3) is 0 Å². The molecule has 0 bridgehead atoms. The first-order valence-corrected chi connectivity index (χ1v) is 5.66.